The Labute approximate surface area is 104 Å². The molecule has 7 heteroatoms. The smallest absolute Gasteiger partial charge is 0.306 e. The molecule has 0 fully saturated rings. The molecule has 0 spiro atoms. The van der Waals surface area contributed by atoms with Gasteiger partial charge in [0.2, 0.25) is 0 Å². The average molecular weight is 268 g/mol. The zero-order valence-electron chi connectivity index (χ0n) is 9.36. The second-order valence-corrected chi connectivity index (χ2v) is 3.71. The van der Waals surface area contributed by atoms with Gasteiger partial charge in [-0.15, -0.1) is 0 Å². The van der Waals surface area contributed by atoms with Crippen molar-refractivity contribution in [1.82, 2.24) is 9.97 Å². The lowest BCUT2D eigenvalue weighted by Gasteiger charge is -2.07. The number of aromatic nitrogens is 2. The van der Waals surface area contributed by atoms with Gasteiger partial charge in [0, 0.05) is 11.6 Å². The van der Waals surface area contributed by atoms with Crippen molar-refractivity contribution < 1.29 is 18.0 Å². The first-order chi connectivity index (χ1) is 8.90. The second kappa shape index (κ2) is 4.68. The Morgan fingerprint density at radius 1 is 1.16 bits per heavy atom. The molecule has 4 nitrogen and oxygen atoms in total. The molecule has 1 N–H and O–H groups in total. The van der Waals surface area contributed by atoms with Crippen LogP contribution in [0.1, 0.15) is 16.1 Å². The fraction of sp³-hybridized carbons (Fsp3) is 0.0833. The number of carbonyl (C=O) groups is 1. The Kier molecular flexibility index (Phi) is 3.20. The first-order valence-electron chi connectivity index (χ1n) is 5.14. The fourth-order valence-corrected chi connectivity index (χ4v) is 1.49. The molecule has 0 unspecified atom stereocenters. The van der Waals surface area contributed by atoms with Gasteiger partial charge in [0.15, 0.2) is 6.29 Å². The number of alkyl halides is 3. The Morgan fingerprint density at radius 2 is 1.79 bits per heavy atom. The van der Waals surface area contributed by atoms with E-state index in [4.69, 9.17) is 0 Å². The number of rotatable bonds is 2. The normalized spacial score (nSPS) is 11.3. The number of aldehydes is 1. The highest BCUT2D eigenvalue weighted by Crippen LogP contribution is 2.30. The summed E-state index contributed by atoms with van der Waals surface area (Å²) in [6.45, 7) is 0. The van der Waals surface area contributed by atoms with Gasteiger partial charge in [-0.05, 0) is 12.1 Å². The molecule has 0 aliphatic heterocycles. The maximum Gasteiger partial charge on any atom is 0.416 e. The number of nitrogens with zero attached hydrogens (tertiary/aromatic N) is 1. The molecule has 2 aromatic rings. The molecule has 0 radical (unpaired) electrons. The molecule has 0 amide bonds. The van der Waals surface area contributed by atoms with Crippen LogP contribution in [0, 0.1) is 0 Å². The monoisotopic (exact) mass is 268 g/mol. The van der Waals surface area contributed by atoms with Crippen molar-refractivity contribution in [2.45, 2.75) is 6.18 Å². The fourth-order valence-electron chi connectivity index (χ4n) is 1.49. The molecule has 0 saturated carbocycles. The van der Waals surface area contributed by atoms with Crippen molar-refractivity contribution in [2.75, 3.05) is 0 Å². The minimum Gasteiger partial charge on any atom is -0.306 e. The summed E-state index contributed by atoms with van der Waals surface area (Å²) in [5.74, 6) is 0.0447. The topological polar surface area (TPSA) is 62.8 Å². The third kappa shape index (κ3) is 2.87. The molecule has 0 aliphatic rings. The SMILES string of the molecule is O=Cc1cc(=O)[nH]c(-c2ccc(C(F)(F)F)cc2)n1. The molecule has 0 atom stereocenters. The lowest BCUT2D eigenvalue weighted by molar-refractivity contribution is -0.137. The highest BCUT2D eigenvalue weighted by molar-refractivity contribution is 5.72. The summed E-state index contributed by atoms with van der Waals surface area (Å²) in [7, 11) is 0. The highest BCUT2D eigenvalue weighted by Gasteiger charge is 2.30. The molecular weight excluding hydrogens is 261 g/mol. The van der Waals surface area contributed by atoms with Crippen LogP contribution in [0.25, 0.3) is 11.4 Å². The molecule has 1 heterocycles. The van der Waals surface area contributed by atoms with Crippen LogP contribution in [-0.2, 0) is 6.18 Å². The highest BCUT2D eigenvalue weighted by atomic mass is 19.4. The van der Waals surface area contributed by atoms with E-state index in [2.05, 4.69) is 9.97 Å². The van der Waals surface area contributed by atoms with Gasteiger partial charge in [0.05, 0.1) is 5.56 Å². The summed E-state index contributed by atoms with van der Waals surface area (Å²) in [6, 6.07) is 5.11. The summed E-state index contributed by atoms with van der Waals surface area (Å²) in [5, 5.41) is 0. The zero-order chi connectivity index (χ0) is 14.0. The van der Waals surface area contributed by atoms with Crippen LogP contribution >= 0.6 is 0 Å². The molecular formula is C12H7F3N2O2. The number of carbonyl (C=O) groups excluding carboxylic acids is 1. The minimum atomic E-state index is -4.43. The molecule has 1 aromatic heterocycles. The predicted octanol–water partition coefficient (Wildman–Crippen LogP) is 2.27. The summed E-state index contributed by atoms with van der Waals surface area (Å²) >= 11 is 0. The van der Waals surface area contributed by atoms with Crippen molar-refractivity contribution in [1.29, 1.82) is 0 Å². The van der Waals surface area contributed by atoms with Crippen LogP contribution in [0.2, 0.25) is 0 Å². The van der Waals surface area contributed by atoms with Crippen LogP contribution in [0.4, 0.5) is 13.2 Å². The second-order valence-electron chi connectivity index (χ2n) is 3.71. The van der Waals surface area contributed by atoms with Gasteiger partial charge >= 0.3 is 6.18 Å². The maximum absolute atomic E-state index is 12.4. The Bertz CT molecular complexity index is 660. The standard InChI is InChI=1S/C12H7F3N2O2/c13-12(14,15)8-3-1-7(2-4-8)11-16-9(6-18)5-10(19)17-11/h1-6H,(H,16,17,19). The van der Waals surface area contributed by atoms with Crippen LogP contribution in [0.15, 0.2) is 35.1 Å². The number of halogens is 3. The van der Waals surface area contributed by atoms with Gasteiger partial charge < -0.3 is 4.98 Å². The molecule has 1 aromatic carbocycles. The lowest BCUT2D eigenvalue weighted by atomic mass is 10.1. The van der Waals surface area contributed by atoms with Crippen LogP contribution < -0.4 is 5.56 Å². The van der Waals surface area contributed by atoms with E-state index >= 15 is 0 Å². The van der Waals surface area contributed by atoms with E-state index < -0.39 is 17.3 Å². The molecule has 0 saturated heterocycles. The first-order valence-corrected chi connectivity index (χ1v) is 5.14. The maximum atomic E-state index is 12.4. The number of H-pyrrole nitrogens is 1. The van der Waals surface area contributed by atoms with E-state index in [-0.39, 0.29) is 17.1 Å². The molecule has 0 bridgehead atoms. The van der Waals surface area contributed by atoms with E-state index in [0.717, 1.165) is 18.2 Å². The van der Waals surface area contributed by atoms with Crippen molar-refractivity contribution in [2.24, 2.45) is 0 Å². The summed E-state index contributed by atoms with van der Waals surface area (Å²) in [6.07, 6.45) is -4.03. The first kappa shape index (κ1) is 13.0. The van der Waals surface area contributed by atoms with Gasteiger partial charge in [-0.3, -0.25) is 9.59 Å². The van der Waals surface area contributed by atoms with Crippen LogP contribution in [-0.4, -0.2) is 16.3 Å². The minimum absolute atomic E-state index is 0.0447. The molecule has 0 aliphatic carbocycles. The number of benzene rings is 1. The van der Waals surface area contributed by atoms with Gasteiger partial charge in [-0.25, -0.2) is 4.98 Å². The number of aromatic amines is 1. The average Bonchev–Trinajstić information content (AvgIpc) is 2.37. The predicted molar refractivity (Wildman–Crippen MR) is 60.7 cm³/mol. The molecule has 2 rings (SSSR count). The lowest BCUT2D eigenvalue weighted by Crippen LogP contribution is -2.10. The molecule has 98 valence electrons. The van der Waals surface area contributed by atoms with E-state index in [9.17, 15) is 22.8 Å². The van der Waals surface area contributed by atoms with Crippen molar-refractivity contribution in [3.63, 3.8) is 0 Å². The van der Waals surface area contributed by atoms with Gasteiger partial charge in [-0.1, -0.05) is 12.1 Å². The van der Waals surface area contributed by atoms with Crippen molar-refractivity contribution in [3.05, 3.63) is 51.9 Å². The zero-order valence-corrected chi connectivity index (χ0v) is 9.36. The number of nitrogens with one attached hydrogen (secondary N) is 1. The third-order valence-electron chi connectivity index (χ3n) is 2.37. The van der Waals surface area contributed by atoms with E-state index in [1.54, 1.807) is 0 Å². The Balaban J connectivity index is 2.45. The summed E-state index contributed by atoms with van der Waals surface area (Å²) in [4.78, 5) is 28.0. The Hall–Kier alpha value is -2.44. The number of hydrogen-bond acceptors (Lipinski definition) is 3. The van der Waals surface area contributed by atoms with Crippen LogP contribution in [0.5, 0.6) is 0 Å². The van der Waals surface area contributed by atoms with E-state index in [0.29, 0.717) is 6.29 Å². The summed E-state index contributed by atoms with van der Waals surface area (Å²) < 4.78 is 37.2. The molecule has 19 heavy (non-hydrogen) atoms. The third-order valence-corrected chi connectivity index (χ3v) is 2.37. The summed E-state index contributed by atoms with van der Waals surface area (Å²) in [5.41, 5.74) is -1.15. The van der Waals surface area contributed by atoms with Gasteiger partial charge in [-0.2, -0.15) is 13.2 Å². The Morgan fingerprint density at radius 3 is 2.32 bits per heavy atom. The quantitative estimate of drug-likeness (QED) is 0.850. The van der Waals surface area contributed by atoms with E-state index in [1.807, 2.05) is 0 Å². The van der Waals surface area contributed by atoms with Crippen molar-refractivity contribution >= 4 is 6.29 Å². The number of hydrogen-bond donors (Lipinski definition) is 1. The van der Waals surface area contributed by atoms with Gasteiger partial charge in [0.1, 0.15) is 11.5 Å². The van der Waals surface area contributed by atoms with Gasteiger partial charge in [0.25, 0.3) is 5.56 Å². The van der Waals surface area contributed by atoms with Crippen LogP contribution in [0.3, 0.4) is 0 Å². The van der Waals surface area contributed by atoms with Crippen molar-refractivity contribution in [3.8, 4) is 11.4 Å². The van der Waals surface area contributed by atoms with E-state index in [1.165, 1.54) is 12.1 Å². The largest absolute Gasteiger partial charge is 0.416 e.